The SMILES string of the molecule is COc1cc2c(c(F)c1OC)C(=N)N(CC(=O)c1cc(NS(C)(=O)=O)c(OCCCCN)c(C(C)(C)C)c1)C2. The largest absolute Gasteiger partial charge is 0.493 e. The molecule has 39 heavy (non-hydrogen) atoms. The number of nitrogens with two attached hydrogens (primary N) is 1. The number of ether oxygens (including phenoxy) is 3. The van der Waals surface area contributed by atoms with Gasteiger partial charge in [0.2, 0.25) is 10.0 Å². The molecule has 4 N–H and O–H groups in total. The van der Waals surface area contributed by atoms with Gasteiger partial charge >= 0.3 is 0 Å². The van der Waals surface area contributed by atoms with Crippen LogP contribution in [0.25, 0.3) is 0 Å². The minimum absolute atomic E-state index is 0.0523. The number of fused-ring (bicyclic) bond motifs is 1. The molecule has 2 aromatic rings. The van der Waals surface area contributed by atoms with Crippen LogP contribution in [0.1, 0.15) is 60.7 Å². The molecule has 1 aliphatic heterocycles. The van der Waals surface area contributed by atoms with Crippen molar-refractivity contribution in [1.82, 2.24) is 4.90 Å². The normalized spacial score (nSPS) is 13.3. The number of halogens is 1. The fraction of sp³-hybridized carbons (Fsp3) is 0.481. The lowest BCUT2D eigenvalue weighted by Crippen LogP contribution is -2.31. The quantitative estimate of drug-likeness (QED) is 0.262. The first-order valence-electron chi connectivity index (χ1n) is 12.5. The summed E-state index contributed by atoms with van der Waals surface area (Å²) in [5.74, 6) is -0.807. The fourth-order valence-corrected chi connectivity index (χ4v) is 4.97. The van der Waals surface area contributed by atoms with Gasteiger partial charge in [0.05, 0.1) is 44.9 Å². The fourth-order valence-electron chi connectivity index (χ4n) is 4.42. The summed E-state index contributed by atoms with van der Waals surface area (Å²) in [7, 11) is -0.989. The van der Waals surface area contributed by atoms with Crippen molar-refractivity contribution in [3.8, 4) is 17.2 Å². The van der Waals surface area contributed by atoms with Crippen LogP contribution in [-0.4, -0.2) is 65.1 Å². The number of Topliss-reactive ketones (excluding diaryl/α,β-unsaturated/α-hetero) is 1. The van der Waals surface area contributed by atoms with E-state index in [2.05, 4.69) is 4.72 Å². The zero-order valence-corrected chi connectivity index (χ0v) is 24.1. The third-order valence-electron chi connectivity index (χ3n) is 6.30. The van der Waals surface area contributed by atoms with E-state index < -0.39 is 21.3 Å². The third kappa shape index (κ3) is 6.80. The van der Waals surface area contributed by atoms with Crippen LogP contribution < -0.4 is 24.7 Å². The summed E-state index contributed by atoms with van der Waals surface area (Å²) in [5, 5.41) is 8.55. The molecule has 2 aromatic carbocycles. The molecule has 0 atom stereocenters. The molecule has 12 heteroatoms. The Morgan fingerprint density at radius 1 is 1.15 bits per heavy atom. The molecule has 214 valence electrons. The van der Waals surface area contributed by atoms with Gasteiger partial charge in [-0.05, 0) is 48.6 Å². The Balaban J connectivity index is 1.99. The molecule has 0 spiro atoms. The topological polar surface area (TPSA) is 144 Å². The Hall–Kier alpha value is -3.38. The zero-order chi connectivity index (χ0) is 29.1. The second kappa shape index (κ2) is 11.8. The molecule has 0 unspecified atom stereocenters. The molecule has 10 nitrogen and oxygen atoms in total. The number of anilines is 1. The molecule has 0 aromatic heterocycles. The molecule has 1 heterocycles. The standard InChI is InChI=1S/C27H37FN4O6S/c1-27(2,3)18-11-16(12-19(31-39(6,34)35)24(18)38-10-8-7-9-29)20(33)15-32-14-17-13-21(36-4)25(37-5)23(28)22(17)26(32)30/h11-13,30-31H,7-10,14-15,29H2,1-6H3. The van der Waals surface area contributed by atoms with Crippen LogP contribution in [0.4, 0.5) is 10.1 Å². The average molecular weight is 565 g/mol. The number of carbonyl (C=O) groups is 1. The number of methoxy groups -OCH3 is 2. The molecule has 0 amide bonds. The van der Waals surface area contributed by atoms with E-state index in [0.29, 0.717) is 36.4 Å². The minimum atomic E-state index is -3.70. The lowest BCUT2D eigenvalue weighted by molar-refractivity contribution is 0.0962. The van der Waals surface area contributed by atoms with Gasteiger partial charge in [-0.2, -0.15) is 0 Å². The van der Waals surface area contributed by atoms with Gasteiger partial charge in [0, 0.05) is 17.7 Å². The van der Waals surface area contributed by atoms with E-state index in [1.807, 2.05) is 20.8 Å². The third-order valence-corrected chi connectivity index (χ3v) is 6.89. The van der Waals surface area contributed by atoms with E-state index in [4.69, 9.17) is 25.4 Å². The van der Waals surface area contributed by atoms with E-state index >= 15 is 4.39 Å². The van der Waals surface area contributed by atoms with Crippen LogP contribution in [0.15, 0.2) is 18.2 Å². The van der Waals surface area contributed by atoms with Crippen molar-refractivity contribution in [2.75, 3.05) is 44.9 Å². The number of carbonyl (C=O) groups excluding carboxylic acids is 1. The first kappa shape index (κ1) is 30.2. The summed E-state index contributed by atoms with van der Waals surface area (Å²) in [6, 6.07) is 4.72. The van der Waals surface area contributed by atoms with Crippen LogP contribution in [0, 0.1) is 11.2 Å². The van der Waals surface area contributed by atoms with Crippen molar-refractivity contribution in [1.29, 1.82) is 5.41 Å². The van der Waals surface area contributed by atoms with Crippen LogP contribution in [-0.2, 0) is 22.0 Å². The summed E-state index contributed by atoms with van der Waals surface area (Å²) < 4.78 is 58.4. The lowest BCUT2D eigenvalue weighted by Gasteiger charge is -2.26. The van der Waals surface area contributed by atoms with E-state index in [0.717, 1.165) is 12.7 Å². The minimum Gasteiger partial charge on any atom is -0.493 e. The zero-order valence-electron chi connectivity index (χ0n) is 23.2. The molecule has 0 saturated heterocycles. The van der Waals surface area contributed by atoms with E-state index in [-0.39, 0.29) is 53.0 Å². The number of unbranched alkanes of at least 4 members (excludes halogenated alkanes) is 1. The second-order valence-electron chi connectivity index (χ2n) is 10.5. The first-order valence-corrected chi connectivity index (χ1v) is 14.4. The Morgan fingerprint density at radius 3 is 2.41 bits per heavy atom. The monoisotopic (exact) mass is 564 g/mol. The van der Waals surface area contributed by atoms with Crippen molar-refractivity contribution >= 4 is 27.3 Å². The summed E-state index contributed by atoms with van der Waals surface area (Å²) in [5.41, 5.74) is 6.67. The van der Waals surface area contributed by atoms with E-state index in [1.165, 1.54) is 25.2 Å². The van der Waals surface area contributed by atoms with Crippen molar-refractivity contribution in [2.24, 2.45) is 5.73 Å². The Kier molecular flexibility index (Phi) is 9.12. The molecule has 3 rings (SSSR count). The van der Waals surface area contributed by atoms with E-state index in [1.54, 1.807) is 12.1 Å². The van der Waals surface area contributed by atoms with Gasteiger partial charge in [0.1, 0.15) is 11.6 Å². The van der Waals surface area contributed by atoms with E-state index in [9.17, 15) is 13.2 Å². The molecule has 0 radical (unpaired) electrons. The molecule has 1 aliphatic rings. The Bertz CT molecular complexity index is 1370. The summed E-state index contributed by atoms with van der Waals surface area (Å²) in [6.45, 7) is 6.54. The highest BCUT2D eigenvalue weighted by molar-refractivity contribution is 7.92. The van der Waals surface area contributed by atoms with Gasteiger partial charge in [0.25, 0.3) is 0 Å². The lowest BCUT2D eigenvalue weighted by atomic mass is 9.84. The molecule has 0 fully saturated rings. The predicted octanol–water partition coefficient (Wildman–Crippen LogP) is 3.65. The number of hydrogen-bond acceptors (Lipinski definition) is 8. The maximum absolute atomic E-state index is 15.2. The molecular formula is C27H37FN4O6S. The predicted molar refractivity (Wildman–Crippen MR) is 148 cm³/mol. The molecular weight excluding hydrogens is 527 g/mol. The van der Waals surface area contributed by atoms with Crippen molar-refractivity contribution in [3.05, 3.63) is 46.3 Å². The summed E-state index contributed by atoms with van der Waals surface area (Å²) in [4.78, 5) is 15.0. The average Bonchev–Trinajstić information content (AvgIpc) is 3.15. The first-order chi connectivity index (χ1) is 18.2. The van der Waals surface area contributed by atoms with Crippen LogP contribution in [0.5, 0.6) is 17.2 Å². The summed E-state index contributed by atoms with van der Waals surface area (Å²) in [6.07, 6.45) is 2.46. The number of benzene rings is 2. The highest BCUT2D eigenvalue weighted by atomic mass is 32.2. The molecule has 0 saturated carbocycles. The van der Waals surface area contributed by atoms with Gasteiger partial charge < -0.3 is 24.8 Å². The highest BCUT2D eigenvalue weighted by Gasteiger charge is 2.33. The van der Waals surface area contributed by atoms with Gasteiger partial charge in [-0.25, -0.2) is 12.8 Å². The highest BCUT2D eigenvalue weighted by Crippen LogP contribution is 2.40. The second-order valence-corrected chi connectivity index (χ2v) is 12.2. The maximum Gasteiger partial charge on any atom is 0.229 e. The number of nitrogens with one attached hydrogen (secondary N) is 2. The Labute approximate surface area is 229 Å². The Morgan fingerprint density at radius 2 is 1.85 bits per heavy atom. The van der Waals surface area contributed by atoms with Gasteiger partial charge in [0.15, 0.2) is 23.1 Å². The smallest absolute Gasteiger partial charge is 0.229 e. The van der Waals surface area contributed by atoms with Crippen LogP contribution in [0.3, 0.4) is 0 Å². The van der Waals surface area contributed by atoms with Gasteiger partial charge in [-0.15, -0.1) is 0 Å². The number of hydrogen-bond donors (Lipinski definition) is 3. The van der Waals surface area contributed by atoms with Crippen molar-refractivity contribution in [3.63, 3.8) is 0 Å². The van der Waals surface area contributed by atoms with Crippen molar-refractivity contribution < 1.29 is 31.8 Å². The number of ketones is 1. The number of sulfonamides is 1. The van der Waals surface area contributed by atoms with Crippen LogP contribution >= 0.6 is 0 Å². The molecule has 0 bridgehead atoms. The maximum atomic E-state index is 15.2. The van der Waals surface area contributed by atoms with Crippen molar-refractivity contribution in [2.45, 2.75) is 45.6 Å². The summed E-state index contributed by atoms with van der Waals surface area (Å²) >= 11 is 0. The molecule has 0 aliphatic carbocycles. The number of amidine groups is 1. The van der Waals surface area contributed by atoms with Gasteiger partial charge in [-0.1, -0.05) is 20.8 Å². The number of rotatable bonds is 12. The number of nitrogens with zero attached hydrogens (tertiary/aromatic N) is 1. The van der Waals surface area contributed by atoms with Gasteiger partial charge in [-0.3, -0.25) is 14.9 Å². The van der Waals surface area contributed by atoms with Crippen LogP contribution in [0.2, 0.25) is 0 Å².